The maximum Gasteiger partial charge on any atom is 0.251 e. The summed E-state index contributed by atoms with van der Waals surface area (Å²) >= 11 is 6.62. The number of ether oxygens (including phenoxy) is 2. The van der Waals surface area contributed by atoms with E-state index >= 15 is 0 Å². The zero-order chi connectivity index (χ0) is 30.9. The Morgan fingerprint density at radius 3 is 2.64 bits per heavy atom. The number of carbonyl (C=O) groups excluding carboxylic acids is 1. The number of halogens is 1. The number of anilines is 2. The van der Waals surface area contributed by atoms with Crippen LogP contribution in [0.4, 0.5) is 11.6 Å². The molecular formula is C34H38ClN7O3. The second-order valence-electron chi connectivity index (χ2n) is 12.0. The average Bonchev–Trinajstić information content (AvgIpc) is 3.42. The number of amides is 1. The first-order valence-electron chi connectivity index (χ1n) is 15.7. The van der Waals surface area contributed by atoms with E-state index in [1.54, 1.807) is 13.2 Å². The molecular weight excluding hydrogens is 590 g/mol. The van der Waals surface area contributed by atoms with Crippen LogP contribution >= 0.6 is 11.6 Å². The molecule has 2 N–H and O–H groups in total. The number of hydrogen-bond donors (Lipinski definition) is 2. The van der Waals surface area contributed by atoms with Gasteiger partial charge in [-0.15, -0.1) is 0 Å². The Bertz CT molecular complexity index is 1710. The van der Waals surface area contributed by atoms with Crippen molar-refractivity contribution in [2.75, 3.05) is 38.7 Å². The fourth-order valence-corrected chi connectivity index (χ4v) is 7.16. The molecule has 1 amide bonds. The summed E-state index contributed by atoms with van der Waals surface area (Å²) in [5, 5.41) is 12.0. The van der Waals surface area contributed by atoms with Gasteiger partial charge >= 0.3 is 0 Å². The molecule has 1 saturated heterocycles. The van der Waals surface area contributed by atoms with Gasteiger partial charge in [-0.3, -0.25) is 14.4 Å². The molecule has 0 radical (unpaired) electrons. The second kappa shape index (κ2) is 12.8. The molecule has 0 bridgehead atoms. The van der Waals surface area contributed by atoms with Gasteiger partial charge in [0.2, 0.25) is 5.95 Å². The molecule has 0 unspecified atom stereocenters. The number of aromatic nitrogens is 4. The van der Waals surface area contributed by atoms with Crippen LogP contribution in [0.25, 0.3) is 22.5 Å². The molecule has 1 aliphatic heterocycles. The van der Waals surface area contributed by atoms with Gasteiger partial charge in [0.25, 0.3) is 5.91 Å². The van der Waals surface area contributed by atoms with Crippen LogP contribution in [0.1, 0.15) is 47.3 Å². The van der Waals surface area contributed by atoms with Crippen molar-refractivity contribution >= 4 is 29.1 Å². The predicted octanol–water partition coefficient (Wildman–Crippen LogP) is 5.42. The van der Waals surface area contributed by atoms with E-state index in [-0.39, 0.29) is 11.9 Å². The third-order valence-electron chi connectivity index (χ3n) is 9.29. The number of rotatable bonds is 7. The summed E-state index contributed by atoms with van der Waals surface area (Å²) in [6.07, 6.45) is 7.65. The van der Waals surface area contributed by atoms with Gasteiger partial charge in [0.05, 0.1) is 43.1 Å². The lowest BCUT2D eigenvalue weighted by Crippen LogP contribution is -2.47. The summed E-state index contributed by atoms with van der Waals surface area (Å²) in [7, 11) is 3.54. The fourth-order valence-electron chi connectivity index (χ4n) is 6.94. The van der Waals surface area contributed by atoms with E-state index in [0.29, 0.717) is 34.0 Å². The molecule has 11 heteroatoms. The van der Waals surface area contributed by atoms with Crippen LogP contribution in [0.15, 0.2) is 48.7 Å². The Balaban J connectivity index is 1.07. The smallest absolute Gasteiger partial charge is 0.251 e. The Hall–Kier alpha value is -3.99. The summed E-state index contributed by atoms with van der Waals surface area (Å²) in [6.45, 7) is 3.65. The maximum atomic E-state index is 13.2. The van der Waals surface area contributed by atoms with Crippen LogP contribution in [0.2, 0.25) is 5.02 Å². The normalized spacial score (nSPS) is 19.8. The lowest BCUT2D eigenvalue weighted by molar-refractivity contribution is 0.00664. The Kier molecular flexibility index (Phi) is 8.44. The van der Waals surface area contributed by atoms with E-state index in [2.05, 4.69) is 20.5 Å². The van der Waals surface area contributed by atoms with E-state index in [9.17, 15) is 4.79 Å². The highest BCUT2D eigenvalue weighted by molar-refractivity contribution is 6.33. The molecule has 2 aliphatic carbocycles. The Morgan fingerprint density at radius 1 is 1.07 bits per heavy atom. The number of carbonyl (C=O) groups is 1. The van der Waals surface area contributed by atoms with Crippen LogP contribution in [0, 0.1) is 0 Å². The van der Waals surface area contributed by atoms with Gasteiger partial charge in [0.1, 0.15) is 5.75 Å². The van der Waals surface area contributed by atoms with Crippen LogP contribution in [0.5, 0.6) is 5.75 Å². The number of morpholine rings is 1. The number of aryl methyl sites for hydroxylation is 3. The number of benzene rings is 2. The summed E-state index contributed by atoms with van der Waals surface area (Å²) in [6, 6.07) is 14.0. The Labute approximate surface area is 268 Å². The first-order valence-corrected chi connectivity index (χ1v) is 16.1. The monoisotopic (exact) mass is 627 g/mol. The summed E-state index contributed by atoms with van der Waals surface area (Å²) < 4.78 is 13.1. The van der Waals surface area contributed by atoms with Crippen molar-refractivity contribution in [2.45, 2.75) is 50.6 Å². The predicted molar refractivity (Wildman–Crippen MR) is 174 cm³/mol. The highest BCUT2D eigenvalue weighted by Crippen LogP contribution is 2.42. The average molecular weight is 628 g/mol. The van der Waals surface area contributed by atoms with Crippen molar-refractivity contribution < 1.29 is 14.3 Å². The fraction of sp³-hybridized carbons (Fsp3) is 0.412. The molecule has 234 valence electrons. The molecule has 0 spiro atoms. The molecule has 0 atom stereocenters. The van der Waals surface area contributed by atoms with E-state index < -0.39 is 0 Å². The molecule has 7 rings (SSSR count). The standard InChI is InChI=1S/C34H38ClN7O3/c1-41-32(25-5-3-4-6-26(25)35)30-28(40-41)14-8-22-20-36-34(39-31(22)30)38-27-13-7-21(19-29(27)44-2)33(43)37-23-9-11-24(12-10-23)42-15-17-45-18-16-42/h3-7,13,19-20,23-24H,8-12,14-18H2,1-2H3,(H,37,43)(H,36,38,39). The largest absolute Gasteiger partial charge is 0.495 e. The van der Waals surface area contributed by atoms with Crippen LogP contribution in [-0.4, -0.2) is 76.1 Å². The van der Waals surface area contributed by atoms with Gasteiger partial charge in [-0.1, -0.05) is 29.8 Å². The molecule has 1 saturated carbocycles. The highest BCUT2D eigenvalue weighted by Gasteiger charge is 2.29. The van der Waals surface area contributed by atoms with Gasteiger partial charge in [0.15, 0.2) is 0 Å². The first kappa shape index (κ1) is 29.7. The number of hydrogen-bond acceptors (Lipinski definition) is 8. The van der Waals surface area contributed by atoms with Crippen molar-refractivity contribution in [3.05, 3.63) is 70.5 Å². The van der Waals surface area contributed by atoms with Crippen molar-refractivity contribution in [3.63, 3.8) is 0 Å². The minimum atomic E-state index is -0.0871. The summed E-state index contributed by atoms with van der Waals surface area (Å²) in [5.74, 6) is 0.887. The lowest BCUT2D eigenvalue weighted by Gasteiger charge is -2.38. The third kappa shape index (κ3) is 6.02. The number of nitrogens with zero attached hydrogens (tertiary/aromatic N) is 5. The van der Waals surface area contributed by atoms with Crippen LogP contribution in [0.3, 0.4) is 0 Å². The van der Waals surface area contributed by atoms with E-state index in [0.717, 1.165) is 98.6 Å². The SMILES string of the molecule is COc1cc(C(=O)NC2CCC(N3CCOCC3)CC2)ccc1Nc1ncc2c(n1)-c1c(nn(C)c1-c1ccccc1Cl)CC2. The zero-order valence-corrected chi connectivity index (χ0v) is 26.4. The van der Waals surface area contributed by atoms with Gasteiger partial charge in [-0.2, -0.15) is 5.10 Å². The van der Waals surface area contributed by atoms with E-state index in [1.807, 2.05) is 54.3 Å². The van der Waals surface area contributed by atoms with E-state index in [1.165, 1.54) is 0 Å². The Morgan fingerprint density at radius 2 is 1.87 bits per heavy atom. The lowest BCUT2D eigenvalue weighted by atomic mass is 9.89. The third-order valence-corrected chi connectivity index (χ3v) is 9.61. The molecule has 3 aliphatic rings. The van der Waals surface area contributed by atoms with E-state index in [4.69, 9.17) is 31.2 Å². The second-order valence-corrected chi connectivity index (χ2v) is 12.4. The molecule has 4 aromatic rings. The summed E-state index contributed by atoms with van der Waals surface area (Å²) in [4.78, 5) is 25.4. The topological polar surface area (TPSA) is 106 Å². The van der Waals surface area contributed by atoms with Crippen molar-refractivity contribution in [1.82, 2.24) is 30.0 Å². The highest BCUT2D eigenvalue weighted by atomic mass is 35.5. The number of nitrogens with one attached hydrogen (secondary N) is 2. The summed E-state index contributed by atoms with van der Waals surface area (Å²) in [5.41, 5.74) is 6.96. The van der Waals surface area contributed by atoms with Gasteiger partial charge < -0.3 is 20.1 Å². The van der Waals surface area contributed by atoms with Crippen molar-refractivity contribution in [2.24, 2.45) is 7.05 Å². The maximum absolute atomic E-state index is 13.2. The molecule has 2 fully saturated rings. The quantitative estimate of drug-likeness (QED) is 0.280. The van der Waals surface area contributed by atoms with Crippen molar-refractivity contribution in [3.8, 4) is 28.3 Å². The van der Waals surface area contributed by atoms with Gasteiger partial charge in [-0.05, 0) is 68.4 Å². The van der Waals surface area contributed by atoms with Crippen LogP contribution < -0.4 is 15.4 Å². The zero-order valence-electron chi connectivity index (χ0n) is 25.7. The molecule has 45 heavy (non-hydrogen) atoms. The minimum Gasteiger partial charge on any atom is -0.495 e. The number of fused-ring (bicyclic) bond motifs is 3. The van der Waals surface area contributed by atoms with Crippen molar-refractivity contribution in [1.29, 1.82) is 0 Å². The van der Waals surface area contributed by atoms with Gasteiger partial charge in [-0.25, -0.2) is 9.97 Å². The number of methoxy groups -OCH3 is 1. The molecule has 10 nitrogen and oxygen atoms in total. The van der Waals surface area contributed by atoms with Gasteiger partial charge in [0, 0.05) is 60.1 Å². The first-order chi connectivity index (χ1) is 22.0. The minimum absolute atomic E-state index is 0.0871. The van der Waals surface area contributed by atoms with Crippen LogP contribution in [-0.2, 0) is 24.6 Å². The molecule has 3 heterocycles. The molecule has 2 aromatic heterocycles. The molecule has 2 aromatic carbocycles.